The van der Waals surface area contributed by atoms with Crippen molar-refractivity contribution in [2.45, 2.75) is 0 Å². The maximum Gasteiger partial charge on any atom is 0.216 e. The predicted octanol–water partition coefficient (Wildman–Crippen LogP) is 2.06. The van der Waals surface area contributed by atoms with Gasteiger partial charge in [0.2, 0.25) is 17.3 Å². The van der Waals surface area contributed by atoms with Gasteiger partial charge in [-0.25, -0.2) is 0 Å². The van der Waals surface area contributed by atoms with Crippen molar-refractivity contribution in [3.05, 3.63) is 58.7 Å². The first-order valence-corrected chi connectivity index (χ1v) is 4.68. The highest BCUT2D eigenvalue weighted by molar-refractivity contribution is 5.50. The SMILES string of the molecule is OC1=CC2=CC=CC(O)=C3OOC(=C1O)C23. The first kappa shape index (κ1) is 8.96. The molecule has 1 unspecified atom stereocenters. The molecule has 3 aliphatic rings. The molecule has 1 fully saturated rings. The van der Waals surface area contributed by atoms with Crippen LogP contribution in [-0.4, -0.2) is 15.3 Å². The van der Waals surface area contributed by atoms with Crippen molar-refractivity contribution >= 4 is 0 Å². The molecule has 1 atom stereocenters. The lowest BCUT2D eigenvalue weighted by molar-refractivity contribution is -0.200. The van der Waals surface area contributed by atoms with Crippen molar-refractivity contribution in [2.75, 3.05) is 0 Å². The molecular weight excluding hydrogens is 212 g/mol. The van der Waals surface area contributed by atoms with E-state index < -0.39 is 5.92 Å². The standard InChI is InChI=1S/C11H8O5/c12-6-3-1-2-5-4-7(13)9(14)11-8(5)10(6)15-16-11/h1-4,8,12-14H. The highest BCUT2D eigenvalue weighted by Gasteiger charge is 2.43. The van der Waals surface area contributed by atoms with E-state index in [4.69, 9.17) is 9.78 Å². The Morgan fingerprint density at radius 1 is 1.06 bits per heavy atom. The molecule has 82 valence electrons. The van der Waals surface area contributed by atoms with E-state index in [9.17, 15) is 15.3 Å². The first-order chi connectivity index (χ1) is 7.68. The van der Waals surface area contributed by atoms with Crippen LogP contribution >= 0.6 is 0 Å². The molecule has 0 aromatic heterocycles. The minimum atomic E-state index is -0.495. The number of rotatable bonds is 0. The van der Waals surface area contributed by atoms with Crippen molar-refractivity contribution in [3.63, 3.8) is 0 Å². The van der Waals surface area contributed by atoms with E-state index in [0.29, 0.717) is 5.57 Å². The molecule has 5 nitrogen and oxygen atoms in total. The average Bonchev–Trinajstić information content (AvgIpc) is 2.63. The third-order valence-electron chi connectivity index (χ3n) is 2.65. The fourth-order valence-corrected chi connectivity index (χ4v) is 1.89. The molecule has 2 aliphatic carbocycles. The van der Waals surface area contributed by atoms with E-state index in [1.165, 1.54) is 12.2 Å². The molecule has 16 heavy (non-hydrogen) atoms. The van der Waals surface area contributed by atoms with E-state index >= 15 is 0 Å². The van der Waals surface area contributed by atoms with E-state index in [0.717, 1.165) is 0 Å². The minimum absolute atomic E-state index is 0.0613. The summed E-state index contributed by atoms with van der Waals surface area (Å²) in [4.78, 5) is 9.67. The first-order valence-electron chi connectivity index (χ1n) is 4.68. The van der Waals surface area contributed by atoms with Crippen LogP contribution in [-0.2, 0) is 9.78 Å². The molecule has 3 N–H and O–H groups in total. The lowest BCUT2D eigenvalue weighted by atomic mass is 9.90. The van der Waals surface area contributed by atoms with Gasteiger partial charge < -0.3 is 15.3 Å². The third-order valence-corrected chi connectivity index (χ3v) is 2.65. The molecule has 0 spiro atoms. The maximum absolute atomic E-state index is 9.63. The molecule has 1 saturated heterocycles. The Balaban J connectivity index is 2.25. The number of hydrogen-bond donors (Lipinski definition) is 3. The second-order valence-corrected chi connectivity index (χ2v) is 3.62. The van der Waals surface area contributed by atoms with Gasteiger partial charge in [0.1, 0.15) is 5.92 Å². The smallest absolute Gasteiger partial charge is 0.216 e. The summed E-state index contributed by atoms with van der Waals surface area (Å²) >= 11 is 0. The van der Waals surface area contributed by atoms with Gasteiger partial charge >= 0.3 is 0 Å². The van der Waals surface area contributed by atoms with Crippen molar-refractivity contribution in [1.29, 1.82) is 0 Å². The molecule has 0 aromatic carbocycles. The van der Waals surface area contributed by atoms with E-state index in [2.05, 4.69) is 0 Å². The van der Waals surface area contributed by atoms with Crippen molar-refractivity contribution in [3.8, 4) is 0 Å². The van der Waals surface area contributed by atoms with E-state index in [1.54, 1.807) is 12.2 Å². The van der Waals surface area contributed by atoms with Gasteiger partial charge in [0.15, 0.2) is 11.5 Å². The summed E-state index contributed by atoms with van der Waals surface area (Å²) in [6, 6.07) is 0. The van der Waals surface area contributed by atoms with Crippen molar-refractivity contribution in [1.82, 2.24) is 0 Å². The fourth-order valence-electron chi connectivity index (χ4n) is 1.89. The molecule has 1 aliphatic heterocycles. The predicted molar refractivity (Wildman–Crippen MR) is 52.9 cm³/mol. The topological polar surface area (TPSA) is 79.2 Å². The van der Waals surface area contributed by atoms with Crippen LogP contribution in [0.5, 0.6) is 0 Å². The normalized spacial score (nSPS) is 26.6. The molecule has 0 aromatic rings. The van der Waals surface area contributed by atoms with Crippen LogP contribution in [0, 0.1) is 5.92 Å². The summed E-state index contributed by atoms with van der Waals surface area (Å²) in [5.74, 6) is -0.898. The Morgan fingerprint density at radius 3 is 2.62 bits per heavy atom. The van der Waals surface area contributed by atoms with Gasteiger partial charge in [-0.3, -0.25) is 9.78 Å². The highest BCUT2D eigenvalue weighted by atomic mass is 17.2. The van der Waals surface area contributed by atoms with Crippen LogP contribution < -0.4 is 0 Å². The number of aliphatic hydroxyl groups is 3. The van der Waals surface area contributed by atoms with Crippen LogP contribution in [0.2, 0.25) is 0 Å². The molecule has 0 saturated carbocycles. The minimum Gasteiger partial charge on any atom is -0.504 e. The monoisotopic (exact) mass is 220 g/mol. The average molecular weight is 220 g/mol. The third kappa shape index (κ3) is 0.995. The molecule has 0 bridgehead atoms. The summed E-state index contributed by atoms with van der Waals surface area (Å²) in [6.45, 7) is 0. The number of allylic oxidation sites excluding steroid dienone is 4. The van der Waals surface area contributed by atoms with Gasteiger partial charge in [-0.1, -0.05) is 12.2 Å². The van der Waals surface area contributed by atoms with E-state index in [-0.39, 0.29) is 28.8 Å². The summed E-state index contributed by atoms with van der Waals surface area (Å²) in [6.07, 6.45) is 6.19. The van der Waals surface area contributed by atoms with Crippen LogP contribution in [0.3, 0.4) is 0 Å². The van der Waals surface area contributed by atoms with Gasteiger partial charge in [-0.05, 0) is 17.7 Å². The Labute approximate surface area is 90.5 Å². The van der Waals surface area contributed by atoms with E-state index in [1.807, 2.05) is 0 Å². The molecular formula is C11H8O5. The summed E-state index contributed by atoms with van der Waals surface area (Å²) in [7, 11) is 0. The van der Waals surface area contributed by atoms with Gasteiger partial charge in [-0.2, -0.15) is 0 Å². The molecule has 3 rings (SSSR count). The Bertz CT molecular complexity index is 518. The lowest BCUT2D eigenvalue weighted by Crippen LogP contribution is -2.12. The number of hydrogen-bond acceptors (Lipinski definition) is 5. The quantitative estimate of drug-likeness (QED) is 0.544. The summed E-state index contributed by atoms with van der Waals surface area (Å²) < 4.78 is 0. The fraction of sp³-hybridized carbons (Fsp3) is 0.0909. The Kier molecular flexibility index (Phi) is 1.60. The van der Waals surface area contributed by atoms with Gasteiger partial charge in [0.25, 0.3) is 0 Å². The molecule has 0 radical (unpaired) electrons. The number of aliphatic hydroxyl groups excluding tert-OH is 3. The van der Waals surface area contributed by atoms with Crippen LogP contribution in [0.25, 0.3) is 0 Å². The zero-order valence-electron chi connectivity index (χ0n) is 8.04. The molecule has 0 amide bonds. The van der Waals surface area contributed by atoms with Crippen LogP contribution in [0.15, 0.2) is 58.7 Å². The van der Waals surface area contributed by atoms with Gasteiger partial charge in [-0.15, -0.1) is 0 Å². The molecule has 1 heterocycles. The van der Waals surface area contributed by atoms with Crippen LogP contribution in [0.1, 0.15) is 0 Å². The zero-order valence-corrected chi connectivity index (χ0v) is 8.04. The van der Waals surface area contributed by atoms with Crippen molar-refractivity contribution < 1.29 is 25.1 Å². The van der Waals surface area contributed by atoms with Crippen LogP contribution in [0.4, 0.5) is 0 Å². The second-order valence-electron chi connectivity index (χ2n) is 3.62. The van der Waals surface area contributed by atoms with Crippen molar-refractivity contribution in [2.24, 2.45) is 5.92 Å². The Hall–Kier alpha value is -2.30. The lowest BCUT2D eigenvalue weighted by Gasteiger charge is -2.14. The van der Waals surface area contributed by atoms with Gasteiger partial charge in [0.05, 0.1) is 0 Å². The largest absolute Gasteiger partial charge is 0.504 e. The van der Waals surface area contributed by atoms with Gasteiger partial charge in [0, 0.05) is 0 Å². The zero-order chi connectivity index (χ0) is 11.3. The Morgan fingerprint density at radius 2 is 1.81 bits per heavy atom. The molecule has 5 heteroatoms. The highest BCUT2D eigenvalue weighted by Crippen LogP contribution is 2.44. The summed E-state index contributed by atoms with van der Waals surface area (Å²) in [5, 5.41) is 28.7. The maximum atomic E-state index is 9.63. The summed E-state index contributed by atoms with van der Waals surface area (Å²) in [5.41, 5.74) is 0.679. The second kappa shape index (κ2) is 2.85.